The summed E-state index contributed by atoms with van der Waals surface area (Å²) in [7, 11) is 0. The van der Waals surface area contributed by atoms with Gasteiger partial charge in [0.05, 0.1) is 5.36 Å². The van der Waals surface area contributed by atoms with Crippen LogP contribution in [0.25, 0.3) is 5.70 Å². The third-order valence-corrected chi connectivity index (χ3v) is 6.14. The Hall–Kier alpha value is -3.16. The van der Waals surface area contributed by atoms with E-state index in [1.54, 1.807) is 17.1 Å². The van der Waals surface area contributed by atoms with Crippen LogP contribution in [0, 0.1) is 5.82 Å². The predicted molar refractivity (Wildman–Crippen MR) is 120 cm³/mol. The van der Waals surface area contributed by atoms with Gasteiger partial charge in [-0.2, -0.15) is 0 Å². The maximum absolute atomic E-state index is 13.9. The maximum atomic E-state index is 13.9. The van der Waals surface area contributed by atoms with Gasteiger partial charge in [0.1, 0.15) is 11.5 Å². The number of carbonyl (C=O) groups excluding carboxylic acids is 1. The number of fused-ring (bicyclic) bond motifs is 2. The summed E-state index contributed by atoms with van der Waals surface area (Å²) in [5.74, 6) is -0.0223. The van der Waals surface area contributed by atoms with Crippen molar-refractivity contribution in [1.82, 2.24) is 10.3 Å². The molecular formula is C23H16ClFN4OS. The Kier molecular flexibility index (Phi) is 5.21. The fraction of sp³-hybridized carbons (Fsp3) is 0.0870. The first-order valence-electron chi connectivity index (χ1n) is 9.57. The first-order valence-corrected chi connectivity index (χ1v) is 10.9. The molecule has 1 amide bonds. The first-order chi connectivity index (χ1) is 15.1. The quantitative estimate of drug-likeness (QED) is 0.664. The van der Waals surface area contributed by atoms with Crippen molar-refractivity contribution in [2.45, 2.75) is 11.9 Å². The average molecular weight is 451 g/mol. The summed E-state index contributed by atoms with van der Waals surface area (Å²) in [5, 5.41) is 11.6. The number of rotatable bonds is 3. The van der Waals surface area contributed by atoms with Gasteiger partial charge >= 0.3 is 0 Å². The molecule has 31 heavy (non-hydrogen) atoms. The second-order valence-electron chi connectivity index (χ2n) is 7.04. The zero-order valence-electron chi connectivity index (χ0n) is 16.1. The minimum Gasteiger partial charge on any atom is -0.298 e. The molecule has 0 bridgehead atoms. The number of nitrogens with zero attached hydrogens (tertiary/aromatic N) is 3. The first kappa shape index (κ1) is 19.8. The summed E-state index contributed by atoms with van der Waals surface area (Å²) in [6, 6.07) is 21.1. The maximum Gasteiger partial charge on any atom is 0.276 e. The van der Waals surface area contributed by atoms with E-state index in [-0.39, 0.29) is 11.7 Å². The van der Waals surface area contributed by atoms with Crippen LogP contribution in [0.1, 0.15) is 17.3 Å². The zero-order valence-corrected chi connectivity index (χ0v) is 17.7. The van der Waals surface area contributed by atoms with E-state index in [0.29, 0.717) is 37.8 Å². The van der Waals surface area contributed by atoms with Crippen molar-refractivity contribution < 1.29 is 9.18 Å². The molecule has 0 fully saturated rings. The highest BCUT2D eigenvalue weighted by Crippen LogP contribution is 2.31. The van der Waals surface area contributed by atoms with Gasteiger partial charge in [-0.1, -0.05) is 65.8 Å². The number of thioether (sulfide) groups is 1. The topological polar surface area (TPSA) is 57.1 Å². The Labute approximate surface area is 186 Å². The molecule has 5 rings (SSSR count). The number of carbonyl (C=O) groups is 1. The number of hydrogen-bond donors (Lipinski definition) is 1. The molecule has 154 valence electrons. The summed E-state index contributed by atoms with van der Waals surface area (Å²) in [6.07, 6.45) is -0.641. The normalized spacial score (nSPS) is 17.3. The van der Waals surface area contributed by atoms with E-state index in [2.05, 4.69) is 10.4 Å². The van der Waals surface area contributed by atoms with Crippen molar-refractivity contribution in [3.63, 3.8) is 0 Å². The fourth-order valence-electron chi connectivity index (χ4n) is 3.51. The summed E-state index contributed by atoms with van der Waals surface area (Å²) in [6.45, 7) is 0. The van der Waals surface area contributed by atoms with Crippen molar-refractivity contribution in [2.24, 2.45) is 10.1 Å². The van der Waals surface area contributed by atoms with Crippen LogP contribution < -0.4 is 15.9 Å². The van der Waals surface area contributed by atoms with Crippen molar-refractivity contribution in [2.75, 3.05) is 0 Å². The molecule has 2 heterocycles. The molecule has 5 nitrogen and oxygen atoms in total. The van der Waals surface area contributed by atoms with E-state index < -0.39 is 6.17 Å². The lowest BCUT2D eigenvalue weighted by Gasteiger charge is -2.34. The van der Waals surface area contributed by atoms with Gasteiger partial charge < -0.3 is 0 Å². The van der Waals surface area contributed by atoms with E-state index in [9.17, 15) is 9.18 Å². The van der Waals surface area contributed by atoms with Crippen LogP contribution in [0.4, 0.5) is 4.39 Å². The van der Waals surface area contributed by atoms with E-state index in [1.807, 2.05) is 48.5 Å². The monoisotopic (exact) mass is 450 g/mol. The largest absolute Gasteiger partial charge is 0.298 e. The van der Waals surface area contributed by atoms with Gasteiger partial charge in [0.25, 0.3) is 5.91 Å². The van der Waals surface area contributed by atoms with Gasteiger partial charge in [-0.3, -0.25) is 15.1 Å². The SMILES string of the molecule is O=C1NC(SCc2ccc(Cl)cc2)=NN2C1=c1ccccc1=N[C@H]2c1cccc(F)c1. The molecule has 8 heteroatoms. The molecule has 1 atom stereocenters. The Morgan fingerprint density at radius 1 is 1.06 bits per heavy atom. The molecular weight excluding hydrogens is 435 g/mol. The van der Waals surface area contributed by atoms with E-state index in [0.717, 1.165) is 5.56 Å². The average Bonchev–Trinajstić information content (AvgIpc) is 2.78. The third-order valence-electron chi connectivity index (χ3n) is 4.95. The summed E-state index contributed by atoms with van der Waals surface area (Å²) in [5.41, 5.74) is 2.07. The Morgan fingerprint density at radius 2 is 1.87 bits per heavy atom. The molecule has 0 spiro atoms. The van der Waals surface area contributed by atoms with Crippen LogP contribution in [0.5, 0.6) is 0 Å². The van der Waals surface area contributed by atoms with Crippen molar-refractivity contribution in [3.8, 4) is 0 Å². The fourth-order valence-corrected chi connectivity index (χ4v) is 4.44. The molecule has 0 aliphatic carbocycles. The van der Waals surface area contributed by atoms with E-state index >= 15 is 0 Å². The summed E-state index contributed by atoms with van der Waals surface area (Å²) < 4.78 is 13.9. The molecule has 2 aliphatic heterocycles. The van der Waals surface area contributed by atoms with Crippen LogP contribution in [-0.2, 0) is 10.5 Å². The lowest BCUT2D eigenvalue weighted by molar-refractivity contribution is -0.116. The van der Waals surface area contributed by atoms with Crippen LogP contribution in [0.3, 0.4) is 0 Å². The Bertz CT molecular complexity index is 1330. The van der Waals surface area contributed by atoms with Crippen LogP contribution in [-0.4, -0.2) is 16.1 Å². The standard InChI is InChI=1S/C23H16ClFN4OS/c24-16-10-8-14(9-11-16)13-31-23-27-22(30)20-18-6-1-2-7-19(18)26-21(29(20)28-23)15-4-3-5-17(25)12-15/h1-12,21H,13H2,(H,27,28,30)/t21-/m1/s1. The lowest BCUT2D eigenvalue weighted by atomic mass is 10.1. The molecule has 0 saturated heterocycles. The van der Waals surface area contributed by atoms with Crippen LogP contribution in [0.15, 0.2) is 82.9 Å². The van der Waals surface area contributed by atoms with Crippen LogP contribution in [0.2, 0.25) is 5.02 Å². The van der Waals surface area contributed by atoms with Crippen molar-refractivity contribution in [3.05, 3.63) is 105 Å². The van der Waals surface area contributed by atoms with Crippen molar-refractivity contribution in [1.29, 1.82) is 0 Å². The molecule has 3 aromatic carbocycles. The molecule has 0 unspecified atom stereocenters. The number of nitrogens with one attached hydrogen (secondary N) is 1. The summed E-state index contributed by atoms with van der Waals surface area (Å²) in [4.78, 5) is 17.8. The smallest absolute Gasteiger partial charge is 0.276 e. The van der Waals surface area contributed by atoms with Gasteiger partial charge in [-0.25, -0.2) is 9.40 Å². The predicted octanol–water partition coefficient (Wildman–Crippen LogP) is 3.56. The number of halogens is 2. The van der Waals surface area contributed by atoms with Crippen LogP contribution >= 0.6 is 23.4 Å². The number of hydrogen-bond acceptors (Lipinski definition) is 5. The second-order valence-corrected chi connectivity index (χ2v) is 8.44. The van der Waals surface area contributed by atoms with E-state index in [1.165, 1.54) is 23.9 Å². The number of benzene rings is 3. The van der Waals surface area contributed by atoms with Gasteiger partial charge in [0, 0.05) is 21.6 Å². The highest BCUT2D eigenvalue weighted by atomic mass is 35.5. The Balaban J connectivity index is 1.55. The molecule has 0 aromatic heterocycles. The molecule has 2 aliphatic rings. The summed E-state index contributed by atoms with van der Waals surface area (Å²) >= 11 is 7.35. The minimum absolute atomic E-state index is 0.266. The minimum atomic E-state index is -0.641. The van der Waals surface area contributed by atoms with Crippen molar-refractivity contribution >= 4 is 40.1 Å². The molecule has 0 saturated carbocycles. The van der Waals surface area contributed by atoms with Gasteiger partial charge in [-0.15, -0.1) is 5.10 Å². The lowest BCUT2D eigenvalue weighted by Crippen LogP contribution is -2.50. The molecule has 0 radical (unpaired) electrons. The van der Waals surface area contributed by atoms with Gasteiger partial charge in [0.15, 0.2) is 11.3 Å². The number of hydrazone groups is 1. The zero-order chi connectivity index (χ0) is 21.4. The number of para-hydroxylation sites is 1. The molecule has 3 aromatic rings. The Morgan fingerprint density at radius 3 is 2.68 bits per heavy atom. The highest BCUT2D eigenvalue weighted by Gasteiger charge is 2.34. The number of amidine groups is 1. The van der Waals surface area contributed by atoms with Gasteiger partial charge in [-0.05, 0) is 35.9 Å². The van der Waals surface area contributed by atoms with Gasteiger partial charge in [0.2, 0.25) is 0 Å². The molecule has 1 N–H and O–H groups in total. The second kappa shape index (κ2) is 8.17. The van der Waals surface area contributed by atoms with E-state index in [4.69, 9.17) is 16.6 Å². The number of amides is 1. The highest BCUT2D eigenvalue weighted by molar-refractivity contribution is 8.13. The third kappa shape index (κ3) is 3.94.